The van der Waals surface area contributed by atoms with Crippen molar-refractivity contribution in [3.63, 3.8) is 0 Å². The summed E-state index contributed by atoms with van der Waals surface area (Å²) in [7, 11) is -2.32. The topological polar surface area (TPSA) is 37.4 Å². The molecule has 0 radical (unpaired) electrons. The molecule has 1 atom stereocenters. The predicted octanol–water partition coefficient (Wildman–Crippen LogP) is 0.635. The van der Waals surface area contributed by atoms with Gasteiger partial charge in [0.2, 0.25) is 10.9 Å². The molecular weight excluding hydrogens is 162 g/mol. The normalized spacial score (nSPS) is 27.6. The fraction of sp³-hybridized carbons (Fsp3) is 1.00. The summed E-state index contributed by atoms with van der Waals surface area (Å²) < 4.78 is 22.7. The summed E-state index contributed by atoms with van der Waals surface area (Å²) in [6, 6.07) is 0. The average Bonchev–Trinajstić information content (AvgIpc) is 2.05. The van der Waals surface area contributed by atoms with E-state index >= 15 is 0 Å². The molecule has 0 bridgehead atoms. The van der Waals surface area contributed by atoms with E-state index in [-0.39, 0.29) is 0 Å². The van der Waals surface area contributed by atoms with Gasteiger partial charge in [-0.05, 0) is 18.8 Å². The van der Waals surface area contributed by atoms with Crippen molar-refractivity contribution < 1.29 is 8.42 Å². The fourth-order valence-electron chi connectivity index (χ4n) is 1.52. The molecule has 0 saturated carbocycles. The lowest BCUT2D eigenvalue weighted by atomic mass is 9.97. The zero-order valence-corrected chi connectivity index (χ0v) is 7.72. The van der Waals surface area contributed by atoms with E-state index in [1.54, 1.807) is 4.31 Å². The summed E-state index contributed by atoms with van der Waals surface area (Å²) in [6.45, 7) is 3.59. The van der Waals surface area contributed by atoms with Crippen molar-refractivity contribution in [2.24, 2.45) is 5.92 Å². The number of thiol groups is 1. The van der Waals surface area contributed by atoms with Crippen LogP contribution in [0.25, 0.3) is 0 Å². The Balaban J connectivity index is 2.45. The first-order valence-electron chi connectivity index (χ1n) is 4.13. The van der Waals surface area contributed by atoms with Crippen LogP contribution in [0, 0.1) is 5.92 Å². The Morgan fingerprint density at radius 3 is 2.82 bits per heavy atom. The molecule has 3 nitrogen and oxygen atoms in total. The van der Waals surface area contributed by atoms with E-state index < -0.39 is 10.9 Å². The first-order chi connectivity index (χ1) is 5.24. The van der Waals surface area contributed by atoms with Gasteiger partial charge in [0.05, 0.1) is 0 Å². The Bertz CT molecular complexity index is 183. The van der Waals surface area contributed by atoms with Crippen LogP contribution in [0.2, 0.25) is 0 Å². The van der Waals surface area contributed by atoms with E-state index in [1.165, 1.54) is 6.42 Å². The summed E-state index contributed by atoms with van der Waals surface area (Å²) in [5.74, 6) is 0.594. The first-order valence-corrected chi connectivity index (χ1v) is 5.26. The third kappa shape index (κ3) is 2.45. The second-order valence-electron chi connectivity index (χ2n) is 3.07. The summed E-state index contributed by atoms with van der Waals surface area (Å²) in [5, 5.41) is 0. The van der Waals surface area contributed by atoms with E-state index in [4.69, 9.17) is 0 Å². The molecule has 11 heavy (non-hydrogen) atoms. The summed E-state index contributed by atoms with van der Waals surface area (Å²) in [6.07, 6.45) is 3.32. The molecule has 0 aliphatic carbocycles. The van der Waals surface area contributed by atoms with Crippen molar-refractivity contribution in [3.05, 3.63) is 0 Å². The highest BCUT2D eigenvalue weighted by Crippen LogP contribution is 2.18. The highest BCUT2D eigenvalue weighted by Gasteiger charge is 2.19. The van der Waals surface area contributed by atoms with Crippen LogP contribution in [-0.2, 0) is 10.9 Å². The molecule has 4 heteroatoms. The minimum atomic E-state index is -2.32. The van der Waals surface area contributed by atoms with Crippen LogP contribution in [0.1, 0.15) is 26.2 Å². The van der Waals surface area contributed by atoms with E-state index in [0.29, 0.717) is 5.92 Å². The van der Waals surface area contributed by atoms with Gasteiger partial charge < -0.3 is 0 Å². The van der Waals surface area contributed by atoms with Gasteiger partial charge in [0.25, 0.3) is 0 Å². The third-order valence-electron chi connectivity index (χ3n) is 2.31. The van der Waals surface area contributed by atoms with Crippen molar-refractivity contribution in [1.29, 1.82) is 0 Å². The monoisotopic (exact) mass is 177 g/mol. The zero-order chi connectivity index (χ0) is 8.27. The molecule has 0 N–H and O–H groups in total. The molecular formula is C7H15NO2S. The lowest BCUT2D eigenvalue weighted by molar-refractivity contribution is 0.267. The molecule has 66 valence electrons. The molecule has 1 aliphatic rings. The SMILES string of the molecule is CCC1CCCN([SH](=O)=O)C1. The van der Waals surface area contributed by atoms with Gasteiger partial charge in [0.1, 0.15) is 0 Å². The average molecular weight is 177 g/mol. The predicted molar refractivity (Wildman–Crippen MR) is 44.9 cm³/mol. The maximum Gasteiger partial charge on any atom is 0.203 e. The molecule has 0 aromatic rings. The molecule has 1 unspecified atom stereocenters. The van der Waals surface area contributed by atoms with Crippen LogP contribution in [-0.4, -0.2) is 25.8 Å². The highest BCUT2D eigenvalue weighted by molar-refractivity contribution is 7.69. The number of hydrogen-bond donors (Lipinski definition) is 1. The fourth-order valence-corrected chi connectivity index (χ4v) is 2.19. The Morgan fingerprint density at radius 2 is 2.27 bits per heavy atom. The highest BCUT2D eigenvalue weighted by atomic mass is 32.2. The third-order valence-corrected chi connectivity index (χ3v) is 3.13. The second kappa shape index (κ2) is 4.07. The van der Waals surface area contributed by atoms with Crippen LogP contribution >= 0.6 is 0 Å². The van der Waals surface area contributed by atoms with Gasteiger partial charge in [-0.15, -0.1) is 0 Å². The van der Waals surface area contributed by atoms with E-state index in [2.05, 4.69) is 6.92 Å². The van der Waals surface area contributed by atoms with Crippen molar-refractivity contribution in [2.45, 2.75) is 26.2 Å². The van der Waals surface area contributed by atoms with Crippen molar-refractivity contribution in [3.8, 4) is 0 Å². The second-order valence-corrected chi connectivity index (χ2v) is 4.11. The lowest BCUT2D eigenvalue weighted by Gasteiger charge is -2.27. The number of piperidine rings is 1. The first kappa shape index (κ1) is 9.00. The molecule has 0 aromatic heterocycles. The number of rotatable bonds is 2. The van der Waals surface area contributed by atoms with Gasteiger partial charge in [-0.3, -0.25) is 0 Å². The molecule has 1 aliphatic heterocycles. The molecule has 1 saturated heterocycles. The molecule has 0 spiro atoms. The maximum atomic E-state index is 10.6. The Kier molecular flexibility index (Phi) is 3.33. The largest absolute Gasteiger partial charge is 0.215 e. The van der Waals surface area contributed by atoms with Crippen LogP contribution in [0.3, 0.4) is 0 Å². The van der Waals surface area contributed by atoms with E-state index in [9.17, 15) is 8.42 Å². The van der Waals surface area contributed by atoms with Crippen molar-refractivity contribution in [1.82, 2.24) is 4.31 Å². The van der Waals surface area contributed by atoms with Crippen molar-refractivity contribution in [2.75, 3.05) is 13.1 Å². The molecule has 0 amide bonds. The van der Waals surface area contributed by atoms with Crippen LogP contribution in [0.5, 0.6) is 0 Å². The molecule has 1 fully saturated rings. The van der Waals surface area contributed by atoms with Gasteiger partial charge in [-0.2, -0.15) is 0 Å². The van der Waals surface area contributed by atoms with E-state index in [0.717, 1.165) is 25.9 Å². The van der Waals surface area contributed by atoms with Crippen LogP contribution in [0.4, 0.5) is 0 Å². The van der Waals surface area contributed by atoms with E-state index in [1.807, 2.05) is 0 Å². The Labute approximate surface area is 69.5 Å². The van der Waals surface area contributed by atoms with Gasteiger partial charge >= 0.3 is 0 Å². The number of hydrogen-bond acceptors (Lipinski definition) is 2. The van der Waals surface area contributed by atoms with Gasteiger partial charge in [-0.1, -0.05) is 13.3 Å². The van der Waals surface area contributed by atoms with Gasteiger partial charge in [0.15, 0.2) is 0 Å². The maximum absolute atomic E-state index is 10.6. The van der Waals surface area contributed by atoms with Crippen LogP contribution < -0.4 is 0 Å². The van der Waals surface area contributed by atoms with Crippen molar-refractivity contribution >= 4 is 10.9 Å². The quantitative estimate of drug-likeness (QED) is 0.628. The summed E-state index contributed by atoms with van der Waals surface area (Å²) in [5.41, 5.74) is 0. The lowest BCUT2D eigenvalue weighted by Crippen LogP contribution is -2.33. The Hall–Kier alpha value is -0.0900. The van der Waals surface area contributed by atoms with Gasteiger partial charge in [0, 0.05) is 13.1 Å². The number of nitrogens with zero attached hydrogens (tertiary/aromatic N) is 1. The Morgan fingerprint density at radius 1 is 1.55 bits per heavy atom. The molecule has 0 aromatic carbocycles. The minimum absolute atomic E-state index is 0.594. The van der Waals surface area contributed by atoms with Gasteiger partial charge in [-0.25, -0.2) is 12.7 Å². The minimum Gasteiger partial charge on any atom is -0.215 e. The molecule has 1 rings (SSSR count). The summed E-state index contributed by atoms with van der Waals surface area (Å²) in [4.78, 5) is 0. The zero-order valence-electron chi connectivity index (χ0n) is 6.82. The standard InChI is InChI=1S/C7H15NO2S/c1-2-7-4-3-5-8(6-7)11(9)10/h7,11H,2-6H2,1H3. The van der Waals surface area contributed by atoms with Crippen LogP contribution in [0.15, 0.2) is 0 Å². The smallest absolute Gasteiger partial charge is 0.203 e. The molecule has 1 heterocycles. The summed E-state index contributed by atoms with van der Waals surface area (Å²) >= 11 is 0.